The van der Waals surface area contributed by atoms with Crippen molar-refractivity contribution >= 4 is 29.1 Å². The number of piperidine rings is 1. The Bertz CT molecular complexity index is 425. The monoisotopic (exact) mass is 255 g/mol. The van der Waals surface area contributed by atoms with Crippen molar-refractivity contribution < 1.29 is 4.79 Å². The van der Waals surface area contributed by atoms with E-state index in [9.17, 15) is 4.79 Å². The van der Waals surface area contributed by atoms with Gasteiger partial charge in [-0.25, -0.2) is 9.97 Å². The van der Waals surface area contributed by atoms with Crippen LogP contribution in [0.25, 0.3) is 0 Å². The van der Waals surface area contributed by atoms with Gasteiger partial charge in [0.1, 0.15) is 23.0 Å². The summed E-state index contributed by atoms with van der Waals surface area (Å²) in [4.78, 5) is 19.0. The molecule has 0 saturated carbocycles. The second kappa shape index (κ2) is 5.18. The Morgan fingerprint density at radius 3 is 3.18 bits per heavy atom. The van der Waals surface area contributed by atoms with Crippen LogP contribution in [0.2, 0.25) is 5.02 Å². The number of nitrogens with zero attached hydrogens (tertiary/aromatic N) is 2. The van der Waals surface area contributed by atoms with Gasteiger partial charge in [0.2, 0.25) is 5.91 Å². The highest BCUT2D eigenvalue weighted by Gasteiger charge is 2.19. The first-order valence-corrected chi connectivity index (χ1v) is 5.81. The number of hydrogen-bond donors (Lipinski definition) is 3. The van der Waals surface area contributed by atoms with Crippen molar-refractivity contribution in [1.29, 1.82) is 0 Å². The van der Waals surface area contributed by atoms with Crippen molar-refractivity contribution in [3.8, 4) is 0 Å². The van der Waals surface area contributed by atoms with Crippen LogP contribution < -0.4 is 16.4 Å². The van der Waals surface area contributed by atoms with E-state index in [2.05, 4.69) is 20.6 Å². The van der Waals surface area contributed by atoms with Crippen molar-refractivity contribution in [2.45, 2.75) is 12.8 Å². The number of halogens is 1. The summed E-state index contributed by atoms with van der Waals surface area (Å²) in [6.07, 6.45) is 2.85. The molecule has 1 aliphatic heterocycles. The van der Waals surface area contributed by atoms with Gasteiger partial charge in [-0.3, -0.25) is 4.79 Å². The third-order valence-corrected chi connectivity index (χ3v) is 3.10. The maximum atomic E-state index is 11.2. The van der Waals surface area contributed by atoms with E-state index in [4.69, 9.17) is 17.3 Å². The summed E-state index contributed by atoms with van der Waals surface area (Å²) < 4.78 is 0. The zero-order chi connectivity index (χ0) is 12.3. The average Bonchev–Trinajstić information content (AvgIpc) is 2.31. The van der Waals surface area contributed by atoms with Gasteiger partial charge >= 0.3 is 0 Å². The van der Waals surface area contributed by atoms with Gasteiger partial charge in [0, 0.05) is 19.5 Å². The molecule has 1 aromatic rings. The van der Waals surface area contributed by atoms with E-state index in [1.54, 1.807) is 0 Å². The Morgan fingerprint density at radius 1 is 1.59 bits per heavy atom. The van der Waals surface area contributed by atoms with Crippen molar-refractivity contribution in [3.05, 3.63) is 11.3 Å². The summed E-state index contributed by atoms with van der Waals surface area (Å²) in [5.41, 5.74) is 5.56. The van der Waals surface area contributed by atoms with Crippen LogP contribution in [0, 0.1) is 5.92 Å². The highest BCUT2D eigenvalue weighted by Crippen LogP contribution is 2.24. The van der Waals surface area contributed by atoms with Crippen molar-refractivity contribution in [3.63, 3.8) is 0 Å². The number of nitrogens with one attached hydrogen (secondary N) is 2. The Hall–Kier alpha value is -1.56. The Morgan fingerprint density at radius 2 is 2.41 bits per heavy atom. The van der Waals surface area contributed by atoms with Crippen LogP contribution in [0.4, 0.5) is 11.6 Å². The van der Waals surface area contributed by atoms with Crippen LogP contribution in [0.3, 0.4) is 0 Å². The van der Waals surface area contributed by atoms with Gasteiger partial charge in [-0.2, -0.15) is 0 Å². The van der Waals surface area contributed by atoms with Crippen molar-refractivity contribution in [2.24, 2.45) is 5.92 Å². The third-order valence-electron chi connectivity index (χ3n) is 2.72. The molecule has 17 heavy (non-hydrogen) atoms. The number of nitrogen functional groups attached to an aromatic ring is 1. The number of nitrogens with two attached hydrogens (primary N) is 1. The highest BCUT2D eigenvalue weighted by atomic mass is 35.5. The predicted octanol–water partition coefficient (Wildman–Crippen LogP) is 0.650. The molecule has 4 N–H and O–H groups in total. The summed E-state index contributed by atoms with van der Waals surface area (Å²) in [6.45, 7) is 1.38. The smallest absolute Gasteiger partial charge is 0.220 e. The van der Waals surface area contributed by atoms with Gasteiger partial charge in [0.05, 0.1) is 0 Å². The summed E-state index contributed by atoms with van der Waals surface area (Å²) in [7, 11) is 0. The molecule has 1 atom stereocenters. The lowest BCUT2D eigenvalue weighted by Crippen LogP contribution is -2.36. The molecule has 2 heterocycles. The molecule has 1 aliphatic rings. The van der Waals surface area contributed by atoms with Crippen LogP contribution in [0.15, 0.2) is 6.33 Å². The number of rotatable bonds is 3. The Kier molecular flexibility index (Phi) is 3.63. The fraction of sp³-hybridized carbons (Fsp3) is 0.500. The van der Waals surface area contributed by atoms with Crippen LogP contribution in [0.5, 0.6) is 0 Å². The van der Waals surface area contributed by atoms with Gasteiger partial charge in [0.25, 0.3) is 0 Å². The molecule has 1 unspecified atom stereocenters. The number of aromatic nitrogens is 2. The van der Waals surface area contributed by atoms with Gasteiger partial charge in [-0.1, -0.05) is 11.6 Å². The number of carbonyl (C=O) groups is 1. The number of hydrogen-bond acceptors (Lipinski definition) is 5. The lowest BCUT2D eigenvalue weighted by atomic mass is 9.98. The summed E-state index contributed by atoms with van der Waals surface area (Å²) in [6, 6.07) is 0. The standard InChI is InChI=1S/C10H14ClN5O/c11-8-9(12)15-5-16-10(8)14-4-6-1-2-13-7(17)3-6/h5-6H,1-4H2,(H,13,17)(H3,12,14,15,16). The first-order valence-electron chi connectivity index (χ1n) is 5.43. The maximum absolute atomic E-state index is 11.2. The minimum Gasteiger partial charge on any atom is -0.382 e. The molecule has 2 rings (SSSR count). The van der Waals surface area contributed by atoms with Crippen LogP contribution in [0.1, 0.15) is 12.8 Å². The molecule has 6 nitrogen and oxygen atoms in total. The molecule has 0 aromatic carbocycles. The topological polar surface area (TPSA) is 92.9 Å². The second-order valence-corrected chi connectivity index (χ2v) is 4.39. The van der Waals surface area contributed by atoms with E-state index in [1.807, 2.05) is 0 Å². The number of amides is 1. The highest BCUT2D eigenvalue weighted by molar-refractivity contribution is 6.35. The molecule has 1 amide bonds. The molecule has 1 aromatic heterocycles. The van der Waals surface area contributed by atoms with Crippen molar-refractivity contribution in [1.82, 2.24) is 15.3 Å². The SMILES string of the molecule is Nc1ncnc(NCC2CCNC(=O)C2)c1Cl. The van der Waals surface area contributed by atoms with Gasteiger partial charge in [0.15, 0.2) is 0 Å². The average molecular weight is 256 g/mol. The van der Waals surface area contributed by atoms with Crippen LogP contribution >= 0.6 is 11.6 Å². The van der Waals surface area contributed by atoms with E-state index < -0.39 is 0 Å². The molecule has 1 saturated heterocycles. The van der Waals surface area contributed by atoms with Crippen molar-refractivity contribution in [2.75, 3.05) is 24.1 Å². The van der Waals surface area contributed by atoms with Crippen LogP contribution in [-0.2, 0) is 4.79 Å². The van der Waals surface area contributed by atoms with Gasteiger partial charge in [-0.15, -0.1) is 0 Å². The molecular formula is C10H14ClN5O. The van der Waals surface area contributed by atoms with E-state index in [0.29, 0.717) is 29.7 Å². The number of anilines is 2. The van der Waals surface area contributed by atoms with Gasteiger partial charge < -0.3 is 16.4 Å². The van der Waals surface area contributed by atoms with E-state index in [-0.39, 0.29) is 11.7 Å². The minimum atomic E-state index is 0.0938. The molecule has 0 radical (unpaired) electrons. The zero-order valence-corrected chi connectivity index (χ0v) is 10.00. The van der Waals surface area contributed by atoms with E-state index >= 15 is 0 Å². The normalized spacial score (nSPS) is 19.8. The second-order valence-electron chi connectivity index (χ2n) is 4.01. The summed E-state index contributed by atoms with van der Waals surface area (Å²) in [5, 5.41) is 6.22. The predicted molar refractivity (Wildman–Crippen MR) is 65.7 cm³/mol. The molecule has 92 valence electrons. The molecule has 0 bridgehead atoms. The quantitative estimate of drug-likeness (QED) is 0.738. The third kappa shape index (κ3) is 2.97. The van der Waals surface area contributed by atoms with Crippen LogP contribution in [-0.4, -0.2) is 29.0 Å². The first kappa shape index (κ1) is 11.9. The minimum absolute atomic E-state index is 0.0938. The Balaban J connectivity index is 1.93. The van der Waals surface area contributed by atoms with E-state index in [0.717, 1.165) is 13.0 Å². The lowest BCUT2D eigenvalue weighted by molar-refractivity contribution is -0.123. The maximum Gasteiger partial charge on any atom is 0.220 e. The Labute approximate surface area is 104 Å². The fourth-order valence-corrected chi connectivity index (χ4v) is 1.94. The molecular weight excluding hydrogens is 242 g/mol. The zero-order valence-electron chi connectivity index (χ0n) is 9.24. The first-order chi connectivity index (χ1) is 8.16. The molecule has 1 fully saturated rings. The summed E-state index contributed by atoms with van der Waals surface area (Å²) in [5.74, 6) is 1.17. The number of carbonyl (C=O) groups excluding carboxylic acids is 1. The largest absolute Gasteiger partial charge is 0.382 e. The molecule has 0 aliphatic carbocycles. The van der Waals surface area contributed by atoms with E-state index in [1.165, 1.54) is 6.33 Å². The fourth-order valence-electron chi connectivity index (χ4n) is 1.77. The molecule has 0 spiro atoms. The van der Waals surface area contributed by atoms with Gasteiger partial charge in [-0.05, 0) is 12.3 Å². The summed E-state index contributed by atoms with van der Waals surface area (Å²) >= 11 is 5.95. The molecule has 7 heteroatoms. The lowest BCUT2D eigenvalue weighted by Gasteiger charge is -2.22.